The van der Waals surface area contributed by atoms with Crippen LogP contribution in [-0.4, -0.2) is 47.8 Å². The molecule has 1 aliphatic carbocycles. The molecule has 8 heteroatoms. The van der Waals surface area contributed by atoms with Crippen LogP contribution in [0.25, 0.3) is 22.3 Å². The second-order valence-electron chi connectivity index (χ2n) is 8.87. The fourth-order valence-corrected chi connectivity index (χ4v) is 4.27. The number of methoxy groups -OCH3 is 2. The fraction of sp³-hybridized carbons (Fsp3) is 0.458. The van der Waals surface area contributed by atoms with E-state index < -0.39 is 0 Å². The lowest BCUT2D eigenvalue weighted by atomic mass is 10.1. The van der Waals surface area contributed by atoms with Gasteiger partial charge in [-0.1, -0.05) is 0 Å². The van der Waals surface area contributed by atoms with Crippen molar-refractivity contribution < 1.29 is 19.0 Å². The number of benzene rings is 1. The molecular formula is C24H28N4O4. The lowest BCUT2D eigenvalue weighted by molar-refractivity contribution is -0.119. The Kier molecular flexibility index (Phi) is 5.15. The number of carbonyl (C=O) groups is 1. The first-order valence-corrected chi connectivity index (χ1v) is 11.0. The van der Waals surface area contributed by atoms with E-state index >= 15 is 0 Å². The van der Waals surface area contributed by atoms with Crippen LogP contribution in [0.4, 0.5) is 0 Å². The molecule has 3 aromatic rings. The lowest BCUT2D eigenvalue weighted by Crippen LogP contribution is -2.15. The number of amides is 1. The van der Waals surface area contributed by atoms with Crippen molar-refractivity contribution in [3.8, 4) is 28.6 Å². The van der Waals surface area contributed by atoms with Gasteiger partial charge in [0.05, 0.1) is 38.4 Å². The molecule has 0 unspecified atom stereocenters. The number of fused-ring (bicyclic) bond motifs is 1. The number of rotatable bonds is 8. The highest BCUT2D eigenvalue weighted by molar-refractivity contribution is 5.85. The molecule has 5 rings (SSSR count). The summed E-state index contributed by atoms with van der Waals surface area (Å²) < 4.78 is 19.3. The predicted molar refractivity (Wildman–Crippen MR) is 120 cm³/mol. The molecule has 1 atom stereocenters. The standard InChI is InChI=1S/C24H28N4O4/c1-24(7-8-24)28-14-26-18-12-17(16-4-5-19(30-2)20(11-16)31-3)27-23(22(18)28)32-9-6-15-10-21(29)25-13-15/h4-5,11-12,14-15H,6-10,13H2,1-3H3,(H,25,29)/t15-/m1/s1. The Labute approximate surface area is 186 Å². The number of nitrogens with one attached hydrogen (secondary N) is 1. The molecule has 0 bridgehead atoms. The van der Waals surface area contributed by atoms with Gasteiger partial charge in [0.1, 0.15) is 5.52 Å². The van der Waals surface area contributed by atoms with Crippen molar-refractivity contribution in [1.29, 1.82) is 0 Å². The highest BCUT2D eigenvalue weighted by Crippen LogP contribution is 2.46. The van der Waals surface area contributed by atoms with Gasteiger partial charge in [-0.2, -0.15) is 0 Å². The van der Waals surface area contributed by atoms with Crippen LogP contribution in [0.2, 0.25) is 0 Å². The second kappa shape index (κ2) is 8.00. The molecule has 32 heavy (non-hydrogen) atoms. The van der Waals surface area contributed by atoms with E-state index in [0.29, 0.717) is 42.9 Å². The van der Waals surface area contributed by atoms with Gasteiger partial charge in [-0.15, -0.1) is 0 Å². The molecule has 0 radical (unpaired) electrons. The van der Waals surface area contributed by atoms with E-state index in [1.54, 1.807) is 14.2 Å². The van der Waals surface area contributed by atoms with Crippen molar-refractivity contribution in [2.45, 2.75) is 38.1 Å². The lowest BCUT2D eigenvalue weighted by Gasteiger charge is -2.16. The van der Waals surface area contributed by atoms with Crippen LogP contribution in [0.5, 0.6) is 17.4 Å². The average molecular weight is 437 g/mol. The Bertz CT molecular complexity index is 1170. The quantitative estimate of drug-likeness (QED) is 0.581. The summed E-state index contributed by atoms with van der Waals surface area (Å²) in [5.74, 6) is 2.31. The van der Waals surface area contributed by atoms with E-state index in [4.69, 9.17) is 19.2 Å². The monoisotopic (exact) mass is 436 g/mol. The fourth-order valence-electron chi connectivity index (χ4n) is 4.27. The zero-order valence-electron chi connectivity index (χ0n) is 18.7. The first kappa shape index (κ1) is 20.6. The van der Waals surface area contributed by atoms with Gasteiger partial charge < -0.3 is 24.1 Å². The molecule has 1 amide bonds. The van der Waals surface area contributed by atoms with Crippen molar-refractivity contribution in [2.24, 2.45) is 5.92 Å². The largest absolute Gasteiger partial charge is 0.493 e. The molecule has 168 valence electrons. The van der Waals surface area contributed by atoms with Crippen molar-refractivity contribution >= 4 is 16.9 Å². The number of imidazole rings is 1. The van der Waals surface area contributed by atoms with Gasteiger partial charge >= 0.3 is 0 Å². The molecule has 3 heterocycles. The molecule has 1 aromatic carbocycles. The Balaban J connectivity index is 1.50. The van der Waals surface area contributed by atoms with Crippen molar-refractivity contribution in [1.82, 2.24) is 19.9 Å². The summed E-state index contributed by atoms with van der Waals surface area (Å²) in [6.07, 6.45) is 5.49. The van der Waals surface area contributed by atoms with Crippen LogP contribution in [0.15, 0.2) is 30.6 Å². The highest BCUT2D eigenvalue weighted by Gasteiger charge is 2.41. The number of hydrogen-bond donors (Lipinski definition) is 1. The van der Waals surface area contributed by atoms with E-state index in [0.717, 1.165) is 41.6 Å². The maximum Gasteiger partial charge on any atom is 0.240 e. The Morgan fingerprint density at radius 2 is 2.00 bits per heavy atom. The van der Waals surface area contributed by atoms with Crippen molar-refractivity contribution in [3.63, 3.8) is 0 Å². The number of aromatic nitrogens is 3. The predicted octanol–water partition coefficient (Wildman–Crippen LogP) is 3.53. The minimum Gasteiger partial charge on any atom is -0.493 e. The number of ether oxygens (including phenoxy) is 3. The van der Waals surface area contributed by atoms with Crippen LogP contribution < -0.4 is 19.5 Å². The maximum atomic E-state index is 11.5. The van der Waals surface area contributed by atoms with Gasteiger partial charge in [-0.25, -0.2) is 9.97 Å². The summed E-state index contributed by atoms with van der Waals surface area (Å²) in [6, 6.07) is 7.72. The van der Waals surface area contributed by atoms with Gasteiger partial charge in [0.15, 0.2) is 11.5 Å². The second-order valence-corrected chi connectivity index (χ2v) is 8.87. The molecule has 1 aliphatic heterocycles. The molecule has 2 fully saturated rings. The minimum atomic E-state index is 0.0706. The van der Waals surface area contributed by atoms with Gasteiger partial charge in [0.25, 0.3) is 0 Å². The Morgan fingerprint density at radius 3 is 2.69 bits per heavy atom. The van der Waals surface area contributed by atoms with E-state index in [1.807, 2.05) is 30.6 Å². The highest BCUT2D eigenvalue weighted by atomic mass is 16.5. The maximum absolute atomic E-state index is 11.5. The van der Waals surface area contributed by atoms with E-state index in [2.05, 4.69) is 21.8 Å². The van der Waals surface area contributed by atoms with E-state index in [9.17, 15) is 4.79 Å². The molecule has 1 N–H and O–H groups in total. The van der Waals surface area contributed by atoms with Crippen LogP contribution in [0, 0.1) is 5.92 Å². The third-order valence-electron chi connectivity index (χ3n) is 6.56. The summed E-state index contributed by atoms with van der Waals surface area (Å²) in [7, 11) is 3.24. The molecule has 8 nitrogen and oxygen atoms in total. The summed E-state index contributed by atoms with van der Waals surface area (Å²) in [5, 5.41) is 2.89. The first-order chi connectivity index (χ1) is 15.5. The zero-order valence-corrected chi connectivity index (χ0v) is 18.7. The van der Waals surface area contributed by atoms with Crippen molar-refractivity contribution in [2.75, 3.05) is 27.4 Å². The van der Waals surface area contributed by atoms with Crippen molar-refractivity contribution in [3.05, 3.63) is 30.6 Å². The van der Waals surface area contributed by atoms with Gasteiger partial charge in [0.2, 0.25) is 11.8 Å². The minimum absolute atomic E-state index is 0.0706. The van der Waals surface area contributed by atoms with Crippen LogP contribution in [-0.2, 0) is 10.3 Å². The van der Waals surface area contributed by atoms with Gasteiger partial charge in [-0.05, 0) is 56.4 Å². The average Bonchev–Trinajstić information content (AvgIpc) is 3.20. The topological polar surface area (TPSA) is 87.5 Å². The molecule has 2 aromatic heterocycles. The van der Waals surface area contributed by atoms with Crippen LogP contribution in [0.3, 0.4) is 0 Å². The molecular weight excluding hydrogens is 408 g/mol. The third-order valence-corrected chi connectivity index (χ3v) is 6.56. The number of hydrogen-bond acceptors (Lipinski definition) is 6. The summed E-state index contributed by atoms with van der Waals surface area (Å²) >= 11 is 0. The third kappa shape index (κ3) is 3.74. The van der Waals surface area contributed by atoms with E-state index in [-0.39, 0.29) is 11.4 Å². The molecule has 1 saturated heterocycles. The Hall–Kier alpha value is -3.29. The van der Waals surface area contributed by atoms with Gasteiger partial charge in [0, 0.05) is 24.1 Å². The van der Waals surface area contributed by atoms with Crippen LogP contribution >= 0.6 is 0 Å². The summed E-state index contributed by atoms with van der Waals surface area (Å²) in [5.41, 5.74) is 3.51. The summed E-state index contributed by atoms with van der Waals surface area (Å²) in [6.45, 7) is 3.45. The Morgan fingerprint density at radius 1 is 1.19 bits per heavy atom. The summed E-state index contributed by atoms with van der Waals surface area (Å²) in [4.78, 5) is 21.1. The van der Waals surface area contributed by atoms with Crippen LogP contribution in [0.1, 0.15) is 32.6 Å². The zero-order chi connectivity index (χ0) is 22.3. The smallest absolute Gasteiger partial charge is 0.240 e. The number of nitrogens with zero attached hydrogens (tertiary/aromatic N) is 3. The van der Waals surface area contributed by atoms with Gasteiger partial charge in [-0.3, -0.25) is 4.79 Å². The SMILES string of the molecule is COc1ccc(-c2cc3ncn(C4(C)CC4)c3c(OCC[C@H]3CNC(=O)C3)n2)cc1OC. The number of carbonyl (C=O) groups excluding carboxylic acids is 1. The normalized spacial score (nSPS) is 19.1. The first-order valence-electron chi connectivity index (χ1n) is 11.0. The molecule has 0 spiro atoms. The molecule has 2 aliphatic rings. The number of pyridine rings is 1. The van der Waals surface area contributed by atoms with E-state index in [1.165, 1.54) is 0 Å². The molecule has 1 saturated carbocycles.